The van der Waals surface area contributed by atoms with E-state index >= 15 is 0 Å². The predicted molar refractivity (Wildman–Crippen MR) is 95.8 cm³/mol. The average molecular weight is 343 g/mol. The number of hydrogen-bond acceptors (Lipinski definition) is 7. The Morgan fingerprint density at radius 1 is 1.04 bits per heavy atom. The second-order valence-electron chi connectivity index (χ2n) is 5.91. The minimum atomic E-state index is -1.46. The largest absolute Gasteiger partial charge is 0.447 e. The first-order chi connectivity index (χ1) is 11.0. The molecule has 3 rings (SSSR count). The molecule has 6 nitrogen and oxygen atoms in total. The highest BCUT2D eigenvalue weighted by atomic mass is 32.1. The molecule has 0 unspecified atom stereocenters. The molecular weight excluding hydrogens is 326 g/mol. The second kappa shape index (κ2) is 6.43. The zero-order chi connectivity index (χ0) is 16.3. The molecule has 8 heteroatoms. The minimum absolute atomic E-state index is 0.532. The number of rotatable bonds is 5. The van der Waals surface area contributed by atoms with Gasteiger partial charge in [-0.05, 0) is 12.1 Å². The fourth-order valence-corrected chi connectivity index (χ4v) is 3.32. The lowest BCUT2D eigenvalue weighted by Gasteiger charge is -2.09. The molecule has 0 aliphatic carbocycles. The molecule has 0 atom stereocenters. The monoisotopic (exact) mass is 343 g/mol. The van der Waals surface area contributed by atoms with E-state index in [1.165, 1.54) is 11.3 Å². The van der Waals surface area contributed by atoms with Crippen molar-refractivity contribution < 1.29 is 4.42 Å². The maximum Gasteiger partial charge on any atom is 0.228 e. The Hall–Kier alpha value is -2.32. The smallest absolute Gasteiger partial charge is 0.228 e. The van der Waals surface area contributed by atoms with Gasteiger partial charge in [-0.2, -0.15) is 0 Å². The van der Waals surface area contributed by atoms with Crippen LogP contribution in [0.4, 0.5) is 11.1 Å². The summed E-state index contributed by atoms with van der Waals surface area (Å²) in [5.74, 6) is 1.15. The van der Waals surface area contributed by atoms with E-state index in [9.17, 15) is 0 Å². The van der Waals surface area contributed by atoms with Gasteiger partial charge < -0.3 is 9.73 Å². The molecule has 0 aliphatic heterocycles. The molecule has 1 N–H and O–H groups in total. The first-order valence-electron chi connectivity index (χ1n) is 7.15. The van der Waals surface area contributed by atoms with E-state index < -0.39 is 8.07 Å². The summed E-state index contributed by atoms with van der Waals surface area (Å²) in [6, 6.07) is 1.77. The topological polar surface area (TPSA) is 76.7 Å². The summed E-state index contributed by atoms with van der Waals surface area (Å²) in [6.45, 7) is 6.69. The van der Waals surface area contributed by atoms with Gasteiger partial charge in [0.2, 0.25) is 11.8 Å². The Balaban J connectivity index is 1.68. The van der Waals surface area contributed by atoms with Crippen LogP contribution in [0, 0.1) is 0 Å². The molecule has 0 aliphatic rings. The molecule has 0 saturated heterocycles. The Morgan fingerprint density at radius 2 is 1.83 bits per heavy atom. The van der Waals surface area contributed by atoms with E-state index in [1.54, 1.807) is 24.7 Å². The molecule has 0 aromatic carbocycles. The number of nitrogens with zero attached hydrogens (tertiary/aromatic N) is 4. The van der Waals surface area contributed by atoms with E-state index in [0.29, 0.717) is 11.8 Å². The van der Waals surface area contributed by atoms with Gasteiger partial charge in [-0.15, -0.1) is 0 Å². The lowest BCUT2D eigenvalue weighted by atomic mass is 10.4. The van der Waals surface area contributed by atoms with Crippen molar-refractivity contribution in [2.75, 3.05) is 5.32 Å². The van der Waals surface area contributed by atoms with E-state index in [2.05, 4.69) is 44.9 Å². The third-order valence-electron chi connectivity index (χ3n) is 2.96. The number of oxazole rings is 1. The highest BCUT2D eigenvalue weighted by Crippen LogP contribution is 2.22. The molecule has 3 aromatic heterocycles. The van der Waals surface area contributed by atoms with Crippen LogP contribution in [0.1, 0.15) is 10.8 Å². The van der Waals surface area contributed by atoms with Crippen LogP contribution in [0.5, 0.6) is 0 Å². The normalized spacial score (nSPS) is 12.0. The van der Waals surface area contributed by atoms with Gasteiger partial charge in [0.1, 0.15) is 13.5 Å². The maximum absolute atomic E-state index is 5.78. The van der Waals surface area contributed by atoms with Crippen LogP contribution in [0.2, 0.25) is 19.6 Å². The highest BCUT2D eigenvalue weighted by molar-refractivity contribution is 7.16. The molecule has 0 spiro atoms. The molecule has 3 aromatic rings. The number of nitrogens with one attached hydrogen (secondary N) is 1. The highest BCUT2D eigenvalue weighted by Gasteiger charge is 2.21. The van der Waals surface area contributed by atoms with E-state index in [-0.39, 0.29) is 0 Å². The van der Waals surface area contributed by atoms with Crippen molar-refractivity contribution in [1.82, 2.24) is 19.9 Å². The van der Waals surface area contributed by atoms with Gasteiger partial charge in [-0.1, -0.05) is 31.0 Å². The van der Waals surface area contributed by atoms with Crippen molar-refractivity contribution in [3.05, 3.63) is 41.6 Å². The number of thiazole rings is 1. The fraction of sp³-hybridized carbons (Fsp3) is 0.200. The van der Waals surface area contributed by atoms with Gasteiger partial charge in [0.25, 0.3) is 0 Å². The van der Waals surface area contributed by atoms with Gasteiger partial charge in [-0.3, -0.25) is 0 Å². The Morgan fingerprint density at radius 3 is 2.52 bits per heavy atom. The van der Waals surface area contributed by atoms with Crippen LogP contribution in [-0.2, 0) is 0 Å². The molecule has 3 heterocycles. The molecule has 0 saturated carbocycles. The third kappa shape index (κ3) is 4.11. The second-order valence-corrected chi connectivity index (χ2v) is 12.0. The van der Waals surface area contributed by atoms with Crippen LogP contribution in [0.25, 0.3) is 12.2 Å². The molecule has 118 valence electrons. The van der Waals surface area contributed by atoms with E-state index in [4.69, 9.17) is 4.42 Å². The molecule has 23 heavy (non-hydrogen) atoms. The van der Waals surface area contributed by atoms with Gasteiger partial charge in [0.05, 0.1) is 6.20 Å². The third-order valence-corrected chi connectivity index (χ3v) is 5.55. The van der Waals surface area contributed by atoms with Crippen molar-refractivity contribution in [1.29, 1.82) is 0 Å². The Labute approximate surface area is 139 Å². The standard InChI is InChI=1S/C15H17N5OSSi/c1-23(2,3)13-10-18-12(21-13)6-5-11-9-19-15(22-11)20-14-16-7-4-8-17-14/h4-10H,1-3H3,(H,16,17,19,20)/b6-5+. The molecule has 0 amide bonds. The molecular formula is C15H17N5OSSi. The van der Waals surface area contributed by atoms with Crippen molar-refractivity contribution in [2.24, 2.45) is 0 Å². The summed E-state index contributed by atoms with van der Waals surface area (Å²) in [4.78, 5) is 17.8. The number of aromatic nitrogens is 4. The van der Waals surface area contributed by atoms with Gasteiger partial charge in [0, 0.05) is 29.5 Å². The molecule has 0 fully saturated rings. The van der Waals surface area contributed by atoms with Gasteiger partial charge >= 0.3 is 0 Å². The minimum Gasteiger partial charge on any atom is -0.447 e. The van der Waals surface area contributed by atoms with E-state index in [1.807, 2.05) is 18.3 Å². The van der Waals surface area contributed by atoms with E-state index in [0.717, 1.165) is 15.4 Å². The summed E-state index contributed by atoms with van der Waals surface area (Å²) in [5.41, 5.74) is 0. The van der Waals surface area contributed by atoms with Crippen molar-refractivity contribution >= 4 is 48.0 Å². The lowest BCUT2D eigenvalue weighted by Crippen LogP contribution is -2.36. The summed E-state index contributed by atoms with van der Waals surface area (Å²) >= 11 is 1.51. The van der Waals surface area contributed by atoms with Crippen molar-refractivity contribution in [3.63, 3.8) is 0 Å². The van der Waals surface area contributed by atoms with Gasteiger partial charge in [-0.25, -0.2) is 19.9 Å². The predicted octanol–water partition coefficient (Wildman–Crippen LogP) is 3.38. The Bertz CT molecular complexity index is 807. The average Bonchev–Trinajstić information content (AvgIpc) is 3.15. The first-order valence-corrected chi connectivity index (χ1v) is 11.5. The van der Waals surface area contributed by atoms with Crippen LogP contribution >= 0.6 is 11.3 Å². The maximum atomic E-state index is 5.78. The van der Waals surface area contributed by atoms with Crippen molar-refractivity contribution in [3.8, 4) is 0 Å². The van der Waals surface area contributed by atoms with Crippen LogP contribution in [0.15, 0.2) is 35.3 Å². The summed E-state index contributed by atoms with van der Waals surface area (Å²) in [5, 5.41) is 4.81. The number of anilines is 2. The number of hydrogen-bond donors (Lipinski definition) is 1. The quantitative estimate of drug-likeness (QED) is 0.716. The van der Waals surface area contributed by atoms with Crippen molar-refractivity contribution in [2.45, 2.75) is 19.6 Å². The lowest BCUT2D eigenvalue weighted by molar-refractivity contribution is 0.574. The zero-order valence-corrected chi connectivity index (χ0v) is 15.0. The molecule has 0 bridgehead atoms. The Kier molecular flexibility index (Phi) is 4.35. The summed E-state index contributed by atoms with van der Waals surface area (Å²) in [7, 11) is -1.46. The zero-order valence-electron chi connectivity index (χ0n) is 13.1. The van der Waals surface area contributed by atoms with Crippen LogP contribution < -0.4 is 10.7 Å². The summed E-state index contributed by atoms with van der Waals surface area (Å²) < 4.78 is 5.78. The molecule has 0 radical (unpaired) electrons. The SMILES string of the molecule is C[Si](C)(C)c1cnc(/C=C/c2cnc(Nc3ncccn3)s2)o1. The van der Waals surface area contributed by atoms with Crippen LogP contribution in [-0.4, -0.2) is 28.0 Å². The summed E-state index contributed by atoms with van der Waals surface area (Å²) in [6.07, 6.45) is 10.8. The van der Waals surface area contributed by atoms with Gasteiger partial charge in [0.15, 0.2) is 5.13 Å². The fourth-order valence-electron chi connectivity index (χ4n) is 1.75. The first kappa shape index (κ1) is 15.6. The van der Waals surface area contributed by atoms with Crippen LogP contribution in [0.3, 0.4) is 0 Å².